The third-order valence-electron chi connectivity index (χ3n) is 3.89. The zero-order valence-electron chi connectivity index (χ0n) is 12.1. The molecular weight excluding hydrogens is 338 g/mol. The summed E-state index contributed by atoms with van der Waals surface area (Å²) in [6, 6.07) is 18.7. The second kappa shape index (κ2) is 5.14. The second-order valence-electron chi connectivity index (χ2n) is 5.28. The molecule has 2 aromatic heterocycles. The molecule has 2 aromatic carbocycles. The Balaban J connectivity index is 1.94. The third-order valence-corrected chi connectivity index (χ3v) is 4.42. The molecule has 0 N–H and O–H groups in total. The van der Waals surface area contributed by atoms with Crippen LogP contribution in [0.15, 0.2) is 71.5 Å². The highest BCUT2D eigenvalue weighted by molar-refractivity contribution is 9.10. The molecule has 0 spiro atoms. The van der Waals surface area contributed by atoms with Gasteiger partial charge in [0.05, 0.1) is 17.6 Å². The molecular formula is C18H14BrN3. The van der Waals surface area contributed by atoms with Crippen LogP contribution in [0, 0.1) is 0 Å². The molecule has 0 saturated carbocycles. The molecule has 0 bridgehead atoms. The van der Waals surface area contributed by atoms with Gasteiger partial charge in [0, 0.05) is 34.2 Å². The number of nitrogens with zero attached hydrogens (tertiary/aromatic N) is 3. The summed E-state index contributed by atoms with van der Waals surface area (Å²) in [5, 5.41) is 5.74. The number of para-hydroxylation sites is 1. The van der Waals surface area contributed by atoms with E-state index in [9.17, 15) is 0 Å². The van der Waals surface area contributed by atoms with Crippen molar-refractivity contribution < 1.29 is 0 Å². The van der Waals surface area contributed by atoms with Crippen LogP contribution in [0.5, 0.6) is 0 Å². The molecule has 3 nitrogen and oxygen atoms in total. The Labute approximate surface area is 136 Å². The van der Waals surface area contributed by atoms with Gasteiger partial charge in [-0.15, -0.1) is 0 Å². The minimum Gasteiger partial charge on any atom is -0.350 e. The zero-order valence-corrected chi connectivity index (χ0v) is 13.7. The number of aryl methyl sites for hydroxylation is 1. The van der Waals surface area contributed by atoms with Gasteiger partial charge in [-0.1, -0.05) is 34.1 Å². The van der Waals surface area contributed by atoms with E-state index in [1.54, 1.807) is 0 Å². The summed E-state index contributed by atoms with van der Waals surface area (Å²) < 4.78 is 5.20. The summed E-state index contributed by atoms with van der Waals surface area (Å²) in [5.41, 5.74) is 4.56. The first-order valence-corrected chi connectivity index (χ1v) is 7.88. The van der Waals surface area contributed by atoms with Crippen LogP contribution in [-0.4, -0.2) is 14.3 Å². The highest BCUT2D eigenvalue weighted by Crippen LogP contribution is 2.31. The van der Waals surface area contributed by atoms with E-state index in [1.807, 2.05) is 23.0 Å². The molecule has 4 heteroatoms. The van der Waals surface area contributed by atoms with E-state index in [0.29, 0.717) is 0 Å². The topological polar surface area (TPSA) is 22.8 Å². The van der Waals surface area contributed by atoms with Crippen molar-refractivity contribution in [1.82, 2.24) is 14.3 Å². The van der Waals surface area contributed by atoms with Gasteiger partial charge in [-0.3, -0.25) is 0 Å². The van der Waals surface area contributed by atoms with E-state index in [-0.39, 0.29) is 0 Å². The van der Waals surface area contributed by atoms with E-state index < -0.39 is 0 Å². The van der Waals surface area contributed by atoms with Gasteiger partial charge in [-0.25, -0.2) is 4.68 Å². The molecule has 22 heavy (non-hydrogen) atoms. The Morgan fingerprint density at radius 2 is 1.73 bits per heavy atom. The Bertz CT molecular complexity index is 948. The summed E-state index contributed by atoms with van der Waals surface area (Å²) >= 11 is 3.48. The molecule has 4 rings (SSSR count). The lowest BCUT2D eigenvalue weighted by Gasteiger charge is -2.07. The van der Waals surface area contributed by atoms with E-state index in [0.717, 1.165) is 15.9 Å². The predicted octanol–water partition coefficient (Wildman–Crippen LogP) is 4.79. The van der Waals surface area contributed by atoms with Crippen LogP contribution in [-0.2, 0) is 7.05 Å². The van der Waals surface area contributed by atoms with Gasteiger partial charge in [0.1, 0.15) is 0 Å². The molecule has 0 amide bonds. The number of hydrogen-bond acceptors (Lipinski definition) is 1. The largest absolute Gasteiger partial charge is 0.350 e. The smallest absolute Gasteiger partial charge is 0.0762 e. The van der Waals surface area contributed by atoms with Crippen LogP contribution in [0.1, 0.15) is 0 Å². The molecule has 0 atom stereocenters. The SMILES string of the molecule is Cn1cc(-c2ccnn2-c2ccc(Br)cc2)c2ccccc21. The number of aromatic nitrogens is 3. The molecule has 0 aliphatic carbocycles. The molecule has 0 unspecified atom stereocenters. The zero-order chi connectivity index (χ0) is 15.1. The van der Waals surface area contributed by atoms with Crippen LogP contribution in [0.2, 0.25) is 0 Å². The van der Waals surface area contributed by atoms with Crippen molar-refractivity contribution >= 4 is 26.8 Å². The van der Waals surface area contributed by atoms with Crippen molar-refractivity contribution in [1.29, 1.82) is 0 Å². The van der Waals surface area contributed by atoms with Crippen LogP contribution < -0.4 is 0 Å². The van der Waals surface area contributed by atoms with Gasteiger partial charge in [0.25, 0.3) is 0 Å². The van der Waals surface area contributed by atoms with Crippen molar-refractivity contribution in [3.8, 4) is 16.9 Å². The monoisotopic (exact) mass is 351 g/mol. The van der Waals surface area contributed by atoms with E-state index >= 15 is 0 Å². The van der Waals surface area contributed by atoms with Crippen molar-refractivity contribution in [2.24, 2.45) is 7.05 Å². The highest BCUT2D eigenvalue weighted by atomic mass is 79.9. The van der Waals surface area contributed by atoms with E-state index in [2.05, 4.69) is 81.3 Å². The van der Waals surface area contributed by atoms with Crippen LogP contribution in [0.4, 0.5) is 0 Å². The van der Waals surface area contributed by atoms with Gasteiger partial charge in [0.2, 0.25) is 0 Å². The van der Waals surface area contributed by atoms with E-state index in [4.69, 9.17) is 0 Å². The average Bonchev–Trinajstić information content (AvgIpc) is 3.13. The van der Waals surface area contributed by atoms with Crippen molar-refractivity contribution in [2.45, 2.75) is 0 Å². The fourth-order valence-electron chi connectivity index (χ4n) is 2.84. The Kier molecular flexibility index (Phi) is 3.12. The number of benzene rings is 2. The summed E-state index contributed by atoms with van der Waals surface area (Å²) in [5.74, 6) is 0. The summed E-state index contributed by atoms with van der Waals surface area (Å²) in [4.78, 5) is 0. The lowest BCUT2D eigenvalue weighted by molar-refractivity contribution is 0.886. The minimum absolute atomic E-state index is 1.05. The molecule has 2 heterocycles. The summed E-state index contributed by atoms with van der Waals surface area (Å²) in [6.07, 6.45) is 4.01. The van der Waals surface area contributed by atoms with Gasteiger partial charge >= 0.3 is 0 Å². The first kappa shape index (κ1) is 13.3. The average molecular weight is 352 g/mol. The van der Waals surface area contributed by atoms with Crippen molar-refractivity contribution in [2.75, 3.05) is 0 Å². The maximum absolute atomic E-state index is 4.50. The quantitative estimate of drug-likeness (QED) is 0.508. The highest BCUT2D eigenvalue weighted by Gasteiger charge is 2.13. The Hall–Kier alpha value is -2.33. The maximum atomic E-state index is 4.50. The normalized spacial score (nSPS) is 11.2. The third kappa shape index (κ3) is 2.07. The summed E-state index contributed by atoms with van der Waals surface area (Å²) in [6.45, 7) is 0. The number of rotatable bonds is 2. The molecule has 4 aromatic rings. The van der Waals surface area contributed by atoms with Gasteiger partial charge in [0.15, 0.2) is 0 Å². The van der Waals surface area contributed by atoms with Crippen molar-refractivity contribution in [3.63, 3.8) is 0 Å². The molecule has 0 fully saturated rings. The van der Waals surface area contributed by atoms with E-state index in [1.165, 1.54) is 16.5 Å². The Morgan fingerprint density at radius 3 is 2.55 bits per heavy atom. The standard InChI is InChI=1S/C18H14BrN3/c1-21-12-16(15-4-2-3-5-17(15)21)18-10-11-20-22(18)14-8-6-13(19)7-9-14/h2-12H,1H3. The van der Waals surface area contributed by atoms with Crippen molar-refractivity contribution in [3.05, 3.63) is 71.5 Å². The predicted molar refractivity (Wildman–Crippen MR) is 93.2 cm³/mol. The molecule has 0 radical (unpaired) electrons. The number of fused-ring (bicyclic) bond motifs is 1. The molecule has 0 saturated heterocycles. The van der Waals surface area contributed by atoms with Crippen LogP contribution in [0.25, 0.3) is 27.8 Å². The maximum Gasteiger partial charge on any atom is 0.0762 e. The first-order valence-electron chi connectivity index (χ1n) is 7.08. The molecule has 0 aliphatic heterocycles. The summed E-state index contributed by atoms with van der Waals surface area (Å²) in [7, 11) is 2.08. The first-order chi connectivity index (χ1) is 10.7. The van der Waals surface area contributed by atoms with Crippen LogP contribution in [0.3, 0.4) is 0 Å². The number of halogens is 1. The lowest BCUT2D eigenvalue weighted by atomic mass is 10.1. The second-order valence-corrected chi connectivity index (χ2v) is 6.19. The Morgan fingerprint density at radius 1 is 0.955 bits per heavy atom. The van der Waals surface area contributed by atoms with Crippen LogP contribution >= 0.6 is 15.9 Å². The minimum atomic E-state index is 1.05. The van der Waals surface area contributed by atoms with Gasteiger partial charge in [-0.05, 0) is 36.4 Å². The van der Waals surface area contributed by atoms with Gasteiger partial charge < -0.3 is 4.57 Å². The lowest BCUT2D eigenvalue weighted by Crippen LogP contribution is -1.98. The molecule has 0 aliphatic rings. The fourth-order valence-corrected chi connectivity index (χ4v) is 3.11. The molecule has 108 valence electrons. The van der Waals surface area contributed by atoms with Gasteiger partial charge in [-0.2, -0.15) is 5.10 Å². The fraction of sp³-hybridized carbons (Fsp3) is 0.0556. The number of hydrogen-bond donors (Lipinski definition) is 0.